The van der Waals surface area contributed by atoms with Crippen LogP contribution in [0.4, 0.5) is 5.69 Å². The van der Waals surface area contributed by atoms with Gasteiger partial charge in [0.05, 0.1) is 11.3 Å². The van der Waals surface area contributed by atoms with Gasteiger partial charge < -0.3 is 10.2 Å². The molecule has 1 atom stereocenters. The third-order valence-corrected chi connectivity index (χ3v) is 5.54. The maximum atomic E-state index is 13.4. The van der Waals surface area contributed by atoms with E-state index in [0.717, 1.165) is 0 Å². The lowest BCUT2D eigenvalue weighted by molar-refractivity contribution is -0.385. The van der Waals surface area contributed by atoms with Gasteiger partial charge in [-0.15, -0.1) is 0 Å². The highest BCUT2D eigenvalue weighted by molar-refractivity contribution is 6.35. The standard InChI is InChI=1S/C23H27Cl2N3O4/c1-4-20(23(30)26-13-15(2)3)27(14-17-9-10-18(24)12-19(17)25)22(29)11-16-7-5-6-8-21(16)28(31)32/h5-10,12,15,20H,4,11,13-14H2,1-3H3,(H,26,30)/t20-/m1/s1. The second-order valence-electron chi connectivity index (χ2n) is 7.88. The quantitative estimate of drug-likeness (QED) is 0.382. The van der Waals surface area contributed by atoms with Crippen LogP contribution >= 0.6 is 23.2 Å². The second-order valence-corrected chi connectivity index (χ2v) is 8.73. The SMILES string of the molecule is CC[C@H](C(=O)NCC(C)C)N(Cc1ccc(Cl)cc1Cl)C(=O)Cc1ccccc1[N+](=O)[O-]. The Morgan fingerprint density at radius 1 is 1.12 bits per heavy atom. The van der Waals surface area contributed by atoms with Crippen LogP contribution < -0.4 is 5.32 Å². The molecule has 172 valence electrons. The molecule has 0 unspecified atom stereocenters. The normalized spacial score (nSPS) is 11.8. The zero-order chi connectivity index (χ0) is 23.8. The molecule has 0 fully saturated rings. The predicted molar refractivity (Wildman–Crippen MR) is 126 cm³/mol. The van der Waals surface area contributed by atoms with E-state index in [4.69, 9.17) is 23.2 Å². The Morgan fingerprint density at radius 3 is 2.41 bits per heavy atom. The molecule has 2 aromatic rings. The Balaban J connectivity index is 2.38. The van der Waals surface area contributed by atoms with E-state index in [1.807, 2.05) is 20.8 Å². The van der Waals surface area contributed by atoms with Crippen molar-refractivity contribution in [2.45, 2.75) is 46.2 Å². The maximum absolute atomic E-state index is 13.4. The summed E-state index contributed by atoms with van der Waals surface area (Å²) < 4.78 is 0. The lowest BCUT2D eigenvalue weighted by atomic mass is 10.1. The molecule has 0 bridgehead atoms. The van der Waals surface area contributed by atoms with Gasteiger partial charge in [0.15, 0.2) is 0 Å². The number of para-hydroxylation sites is 1. The molecule has 0 spiro atoms. The van der Waals surface area contributed by atoms with Crippen molar-refractivity contribution >= 4 is 40.7 Å². The number of carbonyl (C=O) groups is 2. The molecule has 0 radical (unpaired) electrons. The number of benzene rings is 2. The lowest BCUT2D eigenvalue weighted by Crippen LogP contribution is -2.50. The third-order valence-electron chi connectivity index (χ3n) is 4.96. The summed E-state index contributed by atoms with van der Waals surface area (Å²) in [5.41, 5.74) is 0.775. The zero-order valence-corrected chi connectivity index (χ0v) is 19.8. The first-order valence-electron chi connectivity index (χ1n) is 10.4. The van der Waals surface area contributed by atoms with Crippen LogP contribution in [-0.4, -0.2) is 34.2 Å². The molecule has 0 heterocycles. The molecule has 1 N–H and O–H groups in total. The number of hydrogen-bond acceptors (Lipinski definition) is 4. The van der Waals surface area contributed by atoms with Crippen LogP contribution in [0.3, 0.4) is 0 Å². The largest absolute Gasteiger partial charge is 0.354 e. The molecule has 0 aliphatic carbocycles. The van der Waals surface area contributed by atoms with Gasteiger partial charge in [-0.05, 0) is 30.0 Å². The molecule has 9 heteroatoms. The van der Waals surface area contributed by atoms with Gasteiger partial charge in [-0.25, -0.2) is 0 Å². The Labute approximate surface area is 197 Å². The molecular weight excluding hydrogens is 453 g/mol. The summed E-state index contributed by atoms with van der Waals surface area (Å²) in [7, 11) is 0. The summed E-state index contributed by atoms with van der Waals surface area (Å²) >= 11 is 12.3. The van der Waals surface area contributed by atoms with Crippen LogP contribution in [0.1, 0.15) is 38.3 Å². The average Bonchev–Trinajstić information content (AvgIpc) is 2.73. The van der Waals surface area contributed by atoms with Crippen LogP contribution in [0.5, 0.6) is 0 Å². The van der Waals surface area contributed by atoms with Crippen LogP contribution in [-0.2, 0) is 22.6 Å². The van der Waals surface area contributed by atoms with E-state index >= 15 is 0 Å². The van der Waals surface area contributed by atoms with Crippen molar-refractivity contribution in [1.82, 2.24) is 10.2 Å². The minimum Gasteiger partial charge on any atom is -0.354 e. The number of hydrogen-bond donors (Lipinski definition) is 1. The van der Waals surface area contributed by atoms with Gasteiger partial charge in [0, 0.05) is 34.8 Å². The number of carbonyl (C=O) groups excluding carboxylic acids is 2. The van der Waals surface area contributed by atoms with Crippen molar-refractivity contribution in [3.8, 4) is 0 Å². The molecule has 2 aromatic carbocycles. The number of nitrogens with zero attached hydrogens (tertiary/aromatic N) is 2. The van der Waals surface area contributed by atoms with Gasteiger partial charge in [0.25, 0.3) is 5.69 Å². The van der Waals surface area contributed by atoms with E-state index in [1.165, 1.54) is 11.0 Å². The van der Waals surface area contributed by atoms with Gasteiger partial charge in [0.1, 0.15) is 6.04 Å². The fraction of sp³-hybridized carbons (Fsp3) is 0.391. The monoisotopic (exact) mass is 479 g/mol. The Kier molecular flexibility index (Phi) is 9.47. The van der Waals surface area contributed by atoms with Crippen molar-refractivity contribution in [3.63, 3.8) is 0 Å². The Morgan fingerprint density at radius 2 is 1.81 bits per heavy atom. The molecule has 0 aliphatic rings. The van der Waals surface area contributed by atoms with Crippen molar-refractivity contribution in [3.05, 3.63) is 73.8 Å². The van der Waals surface area contributed by atoms with Crippen LogP contribution in [0.2, 0.25) is 10.0 Å². The third kappa shape index (κ3) is 6.93. The molecule has 32 heavy (non-hydrogen) atoms. The number of halogens is 2. The minimum atomic E-state index is -0.754. The molecule has 2 amide bonds. The molecule has 0 aliphatic heterocycles. The van der Waals surface area contributed by atoms with E-state index in [-0.39, 0.29) is 36.0 Å². The van der Waals surface area contributed by atoms with Gasteiger partial charge in [0.2, 0.25) is 11.8 Å². The van der Waals surface area contributed by atoms with Crippen LogP contribution in [0.25, 0.3) is 0 Å². The number of nitrogens with one attached hydrogen (secondary N) is 1. The molecule has 0 saturated heterocycles. The summed E-state index contributed by atoms with van der Waals surface area (Å²) in [6, 6.07) is 10.3. The van der Waals surface area contributed by atoms with Crippen molar-refractivity contribution in [1.29, 1.82) is 0 Å². The van der Waals surface area contributed by atoms with Crippen molar-refractivity contribution in [2.75, 3.05) is 6.54 Å². The second kappa shape index (κ2) is 11.8. The van der Waals surface area contributed by atoms with E-state index in [1.54, 1.807) is 36.4 Å². The Hall–Kier alpha value is -2.64. The summed E-state index contributed by atoms with van der Waals surface area (Å²) in [5.74, 6) is -0.433. The highest BCUT2D eigenvalue weighted by atomic mass is 35.5. The van der Waals surface area contributed by atoms with Crippen molar-refractivity contribution in [2.24, 2.45) is 5.92 Å². The fourth-order valence-corrected chi connectivity index (χ4v) is 3.75. The van der Waals surface area contributed by atoms with Gasteiger partial charge >= 0.3 is 0 Å². The first-order valence-corrected chi connectivity index (χ1v) is 11.1. The van der Waals surface area contributed by atoms with Gasteiger partial charge in [-0.1, -0.05) is 68.2 Å². The molecule has 0 aromatic heterocycles. The predicted octanol–water partition coefficient (Wildman–Crippen LogP) is 5.02. The first kappa shape index (κ1) is 25.6. The van der Waals surface area contributed by atoms with E-state index in [0.29, 0.717) is 28.6 Å². The van der Waals surface area contributed by atoms with E-state index < -0.39 is 16.9 Å². The van der Waals surface area contributed by atoms with Gasteiger partial charge in [-0.3, -0.25) is 19.7 Å². The highest BCUT2D eigenvalue weighted by Gasteiger charge is 2.30. The minimum absolute atomic E-state index is 0.0725. The molecule has 7 nitrogen and oxygen atoms in total. The summed E-state index contributed by atoms with van der Waals surface area (Å²) in [5, 5.41) is 15.1. The molecular formula is C23H27Cl2N3O4. The lowest BCUT2D eigenvalue weighted by Gasteiger charge is -2.31. The molecule has 2 rings (SSSR count). The number of amides is 2. The first-order chi connectivity index (χ1) is 15.1. The summed E-state index contributed by atoms with van der Waals surface area (Å²) in [4.78, 5) is 38.6. The topological polar surface area (TPSA) is 92.6 Å². The van der Waals surface area contributed by atoms with Crippen LogP contribution in [0.15, 0.2) is 42.5 Å². The fourth-order valence-electron chi connectivity index (χ4n) is 3.28. The summed E-state index contributed by atoms with van der Waals surface area (Å²) in [6.45, 7) is 6.32. The zero-order valence-electron chi connectivity index (χ0n) is 18.3. The summed E-state index contributed by atoms with van der Waals surface area (Å²) in [6.07, 6.45) is 0.161. The smallest absolute Gasteiger partial charge is 0.273 e. The van der Waals surface area contributed by atoms with E-state index in [2.05, 4.69) is 5.32 Å². The number of rotatable bonds is 10. The maximum Gasteiger partial charge on any atom is 0.273 e. The van der Waals surface area contributed by atoms with Gasteiger partial charge in [-0.2, -0.15) is 0 Å². The van der Waals surface area contributed by atoms with Crippen LogP contribution in [0, 0.1) is 16.0 Å². The molecule has 0 saturated carbocycles. The average molecular weight is 480 g/mol. The number of nitro groups is 1. The Bertz CT molecular complexity index is 981. The number of nitro benzene ring substituents is 1. The van der Waals surface area contributed by atoms with Crippen molar-refractivity contribution < 1.29 is 14.5 Å². The highest BCUT2D eigenvalue weighted by Crippen LogP contribution is 2.25. The van der Waals surface area contributed by atoms with E-state index in [9.17, 15) is 19.7 Å².